The van der Waals surface area contributed by atoms with Crippen LogP contribution in [0.3, 0.4) is 0 Å². The maximum absolute atomic E-state index is 11.8. The highest BCUT2D eigenvalue weighted by molar-refractivity contribution is 5.98. The van der Waals surface area contributed by atoms with Gasteiger partial charge in [-0.3, -0.25) is 9.59 Å². The van der Waals surface area contributed by atoms with Gasteiger partial charge in [-0.15, -0.1) is 0 Å². The molecule has 0 heterocycles. The number of hydrogen-bond donors (Lipinski definition) is 1. The van der Waals surface area contributed by atoms with Crippen molar-refractivity contribution in [3.05, 3.63) is 24.3 Å². The monoisotopic (exact) mass is 266 g/mol. The van der Waals surface area contributed by atoms with Gasteiger partial charge in [0.05, 0.1) is 20.3 Å². The van der Waals surface area contributed by atoms with E-state index in [0.29, 0.717) is 11.4 Å². The van der Waals surface area contributed by atoms with E-state index in [-0.39, 0.29) is 25.6 Å². The smallest absolute Gasteiger partial charge is 0.326 e. The predicted octanol–water partition coefficient (Wildman–Crippen LogP) is 0.550. The first-order valence-electron chi connectivity index (χ1n) is 5.92. The highest BCUT2D eigenvalue weighted by atomic mass is 16.5. The van der Waals surface area contributed by atoms with Gasteiger partial charge >= 0.3 is 5.97 Å². The van der Waals surface area contributed by atoms with Crippen LogP contribution in [-0.2, 0) is 14.3 Å². The molecule has 0 fully saturated rings. The van der Waals surface area contributed by atoms with E-state index in [2.05, 4.69) is 0 Å². The summed E-state index contributed by atoms with van der Waals surface area (Å²) >= 11 is 0. The second kappa shape index (κ2) is 7.38. The Kier molecular flexibility index (Phi) is 5.81. The summed E-state index contributed by atoms with van der Waals surface area (Å²) in [5.74, 6) is -0.154. The first-order valence-corrected chi connectivity index (χ1v) is 5.92. The number of amides is 1. The molecule has 6 heteroatoms. The van der Waals surface area contributed by atoms with E-state index < -0.39 is 5.97 Å². The molecule has 0 spiro atoms. The lowest BCUT2D eigenvalue weighted by Crippen LogP contribution is -2.40. The Morgan fingerprint density at radius 2 is 1.89 bits per heavy atom. The van der Waals surface area contributed by atoms with Crippen molar-refractivity contribution in [3.8, 4) is 5.75 Å². The lowest BCUT2D eigenvalue weighted by Gasteiger charge is -2.21. The molecule has 19 heavy (non-hydrogen) atoms. The van der Waals surface area contributed by atoms with Crippen molar-refractivity contribution >= 4 is 17.6 Å². The number of hydrogen-bond acceptors (Lipinski definition) is 5. The molecule has 0 bridgehead atoms. The van der Waals surface area contributed by atoms with Gasteiger partial charge in [0.25, 0.3) is 0 Å². The molecule has 0 aliphatic carbocycles. The Balaban J connectivity index is 2.89. The van der Waals surface area contributed by atoms with Gasteiger partial charge in [0.2, 0.25) is 5.91 Å². The fourth-order valence-corrected chi connectivity index (χ4v) is 1.53. The molecule has 1 rings (SSSR count). The van der Waals surface area contributed by atoms with Crippen LogP contribution >= 0.6 is 0 Å². The zero-order chi connectivity index (χ0) is 14.3. The molecule has 0 atom stereocenters. The molecule has 0 aliphatic heterocycles. The first-order chi connectivity index (χ1) is 9.12. The lowest BCUT2D eigenvalue weighted by molar-refractivity contribution is -0.142. The number of nitrogens with zero attached hydrogens (tertiary/aromatic N) is 1. The Bertz CT molecular complexity index is 431. The molecule has 0 saturated heterocycles. The minimum atomic E-state index is -0.472. The highest BCUT2D eigenvalue weighted by Gasteiger charge is 2.18. The second-order valence-electron chi connectivity index (χ2n) is 3.69. The third kappa shape index (κ3) is 4.26. The normalized spacial score (nSPS) is 9.84. The molecular formula is C13H18N2O4. The molecular weight excluding hydrogens is 248 g/mol. The fourth-order valence-electron chi connectivity index (χ4n) is 1.53. The summed E-state index contributed by atoms with van der Waals surface area (Å²) in [4.78, 5) is 24.5. The van der Waals surface area contributed by atoms with E-state index >= 15 is 0 Å². The lowest BCUT2D eigenvalue weighted by atomic mass is 10.2. The number of ether oxygens (including phenoxy) is 2. The van der Waals surface area contributed by atoms with Crippen LogP contribution in [-0.4, -0.2) is 38.7 Å². The van der Waals surface area contributed by atoms with Crippen LogP contribution < -0.4 is 15.4 Å². The third-order valence-corrected chi connectivity index (χ3v) is 2.45. The van der Waals surface area contributed by atoms with E-state index in [0.717, 1.165) is 0 Å². The fraction of sp³-hybridized carbons (Fsp3) is 0.385. The minimum absolute atomic E-state index is 0.157. The van der Waals surface area contributed by atoms with Crippen LogP contribution in [0.2, 0.25) is 0 Å². The van der Waals surface area contributed by atoms with E-state index in [1.807, 2.05) is 0 Å². The van der Waals surface area contributed by atoms with Crippen molar-refractivity contribution in [2.45, 2.75) is 6.92 Å². The van der Waals surface area contributed by atoms with Crippen LogP contribution in [0.15, 0.2) is 24.3 Å². The summed E-state index contributed by atoms with van der Waals surface area (Å²) in [6.45, 7) is 1.65. The second-order valence-corrected chi connectivity index (χ2v) is 3.69. The topological polar surface area (TPSA) is 81.9 Å². The van der Waals surface area contributed by atoms with Crippen molar-refractivity contribution in [1.29, 1.82) is 0 Å². The summed E-state index contributed by atoms with van der Waals surface area (Å²) in [7, 11) is 1.55. The average Bonchev–Trinajstić information content (AvgIpc) is 2.44. The van der Waals surface area contributed by atoms with E-state index in [1.54, 1.807) is 38.3 Å². The molecule has 104 valence electrons. The number of carbonyl (C=O) groups excluding carboxylic acids is 2. The maximum atomic E-state index is 11.8. The Morgan fingerprint density at radius 3 is 2.37 bits per heavy atom. The summed E-state index contributed by atoms with van der Waals surface area (Å²) in [6, 6.07) is 6.78. The van der Waals surface area contributed by atoms with Crippen molar-refractivity contribution < 1.29 is 19.1 Å². The zero-order valence-corrected chi connectivity index (χ0v) is 11.1. The van der Waals surface area contributed by atoms with Crippen molar-refractivity contribution in [1.82, 2.24) is 0 Å². The molecule has 0 aliphatic rings. The number of anilines is 1. The highest BCUT2D eigenvalue weighted by Crippen LogP contribution is 2.19. The number of nitrogens with two attached hydrogens (primary N) is 1. The standard InChI is InChI=1S/C13H18N2O4/c1-3-19-13(17)9-15(12(16)8-14)10-4-6-11(18-2)7-5-10/h4-7H,3,8-9,14H2,1-2H3. The van der Waals surface area contributed by atoms with Gasteiger partial charge in [0.15, 0.2) is 0 Å². The number of carbonyl (C=O) groups is 2. The van der Waals surface area contributed by atoms with Crippen LogP contribution in [0.5, 0.6) is 5.75 Å². The van der Waals surface area contributed by atoms with Crippen LogP contribution in [0.25, 0.3) is 0 Å². The molecule has 0 aromatic heterocycles. The maximum Gasteiger partial charge on any atom is 0.326 e. The van der Waals surface area contributed by atoms with E-state index in [1.165, 1.54) is 4.90 Å². The summed E-state index contributed by atoms with van der Waals surface area (Å²) < 4.78 is 9.87. The van der Waals surface area contributed by atoms with Crippen molar-refractivity contribution in [3.63, 3.8) is 0 Å². The van der Waals surface area contributed by atoms with Gasteiger partial charge in [-0.1, -0.05) is 0 Å². The van der Waals surface area contributed by atoms with Crippen LogP contribution in [0, 0.1) is 0 Å². The molecule has 1 aromatic rings. The molecule has 1 aromatic carbocycles. The van der Waals surface area contributed by atoms with Crippen molar-refractivity contribution in [2.24, 2.45) is 5.73 Å². The molecule has 0 saturated carbocycles. The van der Waals surface area contributed by atoms with Crippen LogP contribution in [0.1, 0.15) is 6.92 Å². The van der Waals surface area contributed by atoms with Gasteiger partial charge in [-0.05, 0) is 31.2 Å². The summed E-state index contributed by atoms with van der Waals surface area (Å²) in [5, 5.41) is 0. The minimum Gasteiger partial charge on any atom is -0.497 e. The molecule has 2 N–H and O–H groups in total. The molecule has 6 nitrogen and oxygen atoms in total. The number of rotatable bonds is 6. The van der Waals surface area contributed by atoms with Gasteiger partial charge in [0.1, 0.15) is 12.3 Å². The third-order valence-electron chi connectivity index (χ3n) is 2.45. The Morgan fingerprint density at radius 1 is 1.26 bits per heavy atom. The Labute approximate surface area is 112 Å². The number of methoxy groups -OCH3 is 1. The van der Waals surface area contributed by atoms with E-state index in [9.17, 15) is 9.59 Å². The predicted molar refractivity (Wildman–Crippen MR) is 71.0 cm³/mol. The number of esters is 1. The van der Waals surface area contributed by atoms with Gasteiger partial charge in [-0.2, -0.15) is 0 Å². The first kappa shape index (κ1) is 15.0. The van der Waals surface area contributed by atoms with Gasteiger partial charge in [-0.25, -0.2) is 0 Å². The SMILES string of the molecule is CCOC(=O)CN(C(=O)CN)c1ccc(OC)cc1. The largest absolute Gasteiger partial charge is 0.497 e. The molecule has 0 unspecified atom stereocenters. The molecule has 1 amide bonds. The van der Waals surface area contributed by atoms with E-state index in [4.69, 9.17) is 15.2 Å². The zero-order valence-electron chi connectivity index (χ0n) is 11.1. The number of benzene rings is 1. The van der Waals surface area contributed by atoms with Crippen LogP contribution in [0.4, 0.5) is 5.69 Å². The summed E-state index contributed by atoms with van der Waals surface area (Å²) in [5.41, 5.74) is 5.92. The van der Waals surface area contributed by atoms with Crippen molar-refractivity contribution in [2.75, 3.05) is 31.7 Å². The molecule has 0 radical (unpaired) electrons. The van der Waals surface area contributed by atoms with Gasteiger partial charge < -0.3 is 20.1 Å². The summed E-state index contributed by atoms with van der Waals surface area (Å²) in [6.07, 6.45) is 0. The average molecular weight is 266 g/mol. The Hall–Kier alpha value is -2.08. The van der Waals surface area contributed by atoms with Gasteiger partial charge in [0, 0.05) is 5.69 Å². The quantitative estimate of drug-likeness (QED) is 0.760.